The second kappa shape index (κ2) is 4.46. The molecule has 2 rings (SSSR count). The molecule has 1 fully saturated rings. The second-order valence-electron chi connectivity index (χ2n) is 4.81. The summed E-state index contributed by atoms with van der Waals surface area (Å²) in [4.78, 5) is 0. The Morgan fingerprint density at radius 2 is 2.31 bits per heavy atom. The van der Waals surface area contributed by atoms with Crippen molar-refractivity contribution in [3.8, 4) is 0 Å². The van der Waals surface area contributed by atoms with Gasteiger partial charge in [0.2, 0.25) is 0 Å². The summed E-state index contributed by atoms with van der Waals surface area (Å²) in [5.74, 6) is 0.0254. The molecule has 0 heterocycles. The number of hydrogen-bond acceptors (Lipinski definition) is 1. The van der Waals surface area contributed by atoms with E-state index in [-0.39, 0.29) is 11.7 Å². The van der Waals surface area contributed by atoms with Gasteiger partial charge in [-0.05, 0) is 36.5 Å². The molecule has 88 valence electrons. The summed E-state index contributed by atoms with van der Waals surface area (Å²) in [6.07, 6.45) is 3.28. The standard InChI is InChI=1S/C13H16BrFO/c1-9-3-2-6-13(9,16)8-10-4-5-11(14)7-12(10)15/h4-5,7,9,16H,2-3,6,8H2,1H3. The van der Waals surface area contributed by atoms with Crippen LogP contribution in [-0.4, -0.2) is 10.7 Å². The Hall–Kier alpha value is -0.410. The topological polar surface area (TPSA) is 20.2 Å². The molecule has 1 N–H and O–H groups in total. The van der Waals surface area contributed by atoms with Crippen LogP contribution in [-0.2, 0) is 6.42 Å². The lowest BCUT2D eigenvalue weighted by molar-refractivity contribution is 0.00886. The van der Waals surface area contributed by atoms with E-state index >= 15 is 0 Å². The third-order valence-corrected chi connectivity index (χ3v) is 4.17. The van der Waals surface area contributed by atoms with Crippen molar-refractivity contribution >= 4 is 15.9 Å². The van der Waals surface area contributed by atoms with Crippen molar-refractivity contribution in [3.05, 3.63) is 34.1 Å². The van der Waals surface area contributed by atoms with Crippen LogP contribution in [0.2, 0.25) is 0 Å². The van der Waals surface area contributed by atoms with Gasteiger partial charge in [-0.1, -0.05) is 35.3 Å². The van der Waals surface area contributed by atoms with Crippen LogP contribution in [0.25, 0.3) is 0 Å². The minimum absolute atomic E-state index is 0.234. The van der Waals surface area contributed by atoms with Crippen molar-refractivity contribution in [2.75, 3.05) is 0 Å². The molecule has 1 saturated carbocycles. The zero-order chi connectivity index (χ0) is 11.8. The van der Waals surface area contributed by atoms with E-state index in [0.717, 1.165) is 23.7 Å². The van der Waals surface area contributed by atoms with Gasteiger partial charge in [-0.2, -0.15) is 0 Å². The lowest BCUT2D eigenvalue weighted by Crippen LogP contribution is -2.34. The normalized spacial score (nSPS) is 29.6. The Kier molecular flexibility index (Phi) is 3.36. The highest BCUT2D eigenvalue weighted by Gasteiger charge is 2.38. The van der Waals surface area contributed by atoms with Gasteiger partial charge >= 0.3 is 0 Å². The minimum Gasteiger partial charge on any atom is -0.389 e. The molecule has 1 aromatic rings. The number of aliphatic hydroxyl groups is 1. The fourth-order valence-corrected chi connectivity index (χ4v) is 2.82. The Balaban J connectivity index is 2.20. The highest BCUT2D eigenvalue weighted by atomic mass is 79.9. The van der Waals surface area contributed by atoms with Crippen LogP contribution in [0, 0.1) is 11.7 Å². The van der Waals surface area contributed by atoms with E-state index in [2.05, 4.69) is 15.9 Å². The van der Waals surface area contributed by atoms with Crippen LogP contribution in [0.3, 0.4) is 0 Å². The molecule has 0 bridgehead atoms. The first-order valence-electron chi connectivity index (χ1n) is 5.67. The van der Waals surface area contributed by atoms with E-state index in [4.69, 9.17) is 0 Å². The molecule has 0 aliphatic heterocycles. The summed E-state index contributed by atoms with van der Waals surface area (Å²) in [6.45, 7) is 2.05. The predicted octanol–water partition coefficient (Wildman–Crippen LogP) is 3.68. The lowest BCUT2D eigenvalue weighted by atomic mass is 9.86. The van der Waals surface area contributed by atoms with E-state index in [1.165, 1.54) is 6.07 Å². The highest BCUT2D eigenvalue weighted by Crippen LogP contribution is 2.38. The maximum absolute atomic E-state index is 13.7. The quantitative estimate of drug-likeness (QED) is 0.879. The molecule has 16 heavy (non-hydrogen) atoms. The van der Waals surface area contributed by atoms with Crippen LogP contribution >= 0.6 is 15.9 Å². The van der Waals surface area contributed by atoms with Crippen molar-refractivity contribution in [2.45, 2.75) is 38.2 Å². The summed E-state index contributed by atoms with van der Waals surface area (Å²) >= 11 is 3.23. The fraction of sp³-hybridized carbons (Fsp3) is 0.538. The molecule has 0 radical (unpaired) electrons. The molecular weight excluding hydrogens is 271 g/mol. The van der Waals surface area contributed by atoms with E-state index in [0.29, 0.717) is 12.0 Å². The average Bonchev–Trinajstić information content (AvgIpc) is 2.52. The lowest BCUT2D eigenvalue weighted by Gasteiger charge is -2.28. The van der Waals surface area contributed by atoms with Crippen LogP contribution < -0.4 is 0 Å². The summed E-state index contributed by atoms with van der Waals surface area (Å²) < 4.78 is 14.4. The van der Waals surface area contributed by atoms with Crippen LogP contribution in [0.1, 0.15) is 31.7 Å². The maximum Gasteiger partial charge on any atom is 0.127 e. The smallest absolute Gasteiger partial charge is 0.127 e. The van der Waals surface area contributed by atoms with Crippen LogP contribution in [0.4, 0.5) is 4.39 Å². The van der Waals surface area contributed by atoms with Gasteiger partial charge in [0.05, 0.1) is 5.60 Å². The third kappa shape index (κ3) is 2.30. The summed E-state index contributed by atoms with van der Waals surface area (Å²) in [6, 6.07) is 5.03. The molecule has 2 unspecified atom stereocenters. The van der Waals surface area contributed by atoms with Gasteiger partial charge in [0.25, 0.3) is 0 Å². The van der Waals surface area contributed by atoms with Gasteiger partial charge in [0.15, 0.2) is 0 Å². The number of benzene rings is 1. The van der Waals surface area contributed by atoms with Crippen molar-refractivity contribution in [2.24, 2.45) is 5.92 Å². The molecule has 1 aliphatic carbocycles. The van der Waals surface area contributed by atoms with E-state index in [9.17, 15) is 9.50 Å². The summed E-state index contributed by atoms with van der Waals surface area (Å²) in [7, 11) is 0. The molecule has 1 aliphatic rings. The maximum atomic E-state index is 13.7. The van der Waals surface area contributed by atoms with Crippen molar-refractivity contribution in [1.29, 1.82) is 0 Å². The fourth-order valence-electron chi connectivity index (χ4n) is 2.49. The number of rotatable bonds is 2. The van der Waals surface area contributed by atoms with Crippen molar-refractivity contribution in [3.63, 3.8) is 0 Å². The number of halogens is 2. The number of hydrogen-bond donors (Lipinski definition) is 1. The van der Waals surface area contributed by atoms with Gasteiger partial charge in [-0.15, -0.1) is 0 Å². The van der Waals surface area contributed by atoms with Gasteiger partial charge in [0, 0.05) is 10.9 Å². The highest BCUT2D eigenvalue weighted by molar-refractivity contribution is 9.10. The van der Waals surface area contributed by atoms with E-state index in [1.807, 2.05) is 13.0 Å². The molecule has 2 atom stereocenters. The van der Waals surface area contributed by atoms with Crippen LogP contribution in [0.15, 0.2) is 22.7 Å². The van der Waals surface area contributed by atoms with Gasteiger partial charge in [-0.25, -0.2) is 4.39 Å². The monoisotopic (exact) mass is 286 g/mol. The molecule has 0 saturated heterocycles. The molecule has 3 heteroatoms. The average molecular weight is 287 g/mol. The minimum atomic E-state index is -0.714. The molecule has 1 aromatic carbocycles. The van der Waals surface area contributed by atoms with Crippen molar-refractivity contribution in [1.82, 2.24) is 0 Å². The molecule has 0 aromatic heterocycles. The van der Waals surface area contributed by atoms with Gasteiger partial charge in [-0.3, -0.25) is 0 Å². The Labute approximate surface area is 104 Å². The summed E-state index contributed by atoms with van der Waals surface area (Å²) in [5.41, 5.74) is -0.103. The first kappa shape index (κ1) is 12.1. The zero-order valence-electron chi connectivity index (χ0n) is 9.34. The molecule has 1 nitrogen and oxygen atoms in total. The first-order valence-corrected chi connectivity index (χ1v) is 6.47. The van der Waals surface area contributed by atoms with E-state index < -0.39 is 5.60 Å². The first-order chi connectivity index (χ1) is 7.51. The molecule has 0 spiro atoms. The molecular formula is C13H16BrFO. The van der Waals surface area contributed by atoms with Gasteiger partial charge in [0.1, 0.15) is 5.82 Å². The van der Waals surface area contributed by atoms with Crippen LogP contribution in [0.5, 0.6) is 0 Å². The second-order valence-corrected chi connectivity index (χ2v) is 5.73. The van der Waals surface area contributed by atoms with Gasteiger partial charge < -0.3 is 5.11 Å². The zero-order valence-corrected chi connectivity index (χ0v) is 10.9. The Morgan fingerprint density at radius 3 is 2.88 bits per heavy atom. The largest absolute Gasteiger partial charge is 0.389 e. The Bertz CT molecular complexity index is 394. The Morgan fingerprint density at radius 1 is 1.56 bits per heavy atom. The van der Waals surface area contributed by atoms with E-state index in [1.54, 1.807) is 6.07 Å². The van der Waals surface area contributed by atoms with Crippen molar-refractivity contribution < 1.29 is 9.50 Å². The third-order valence-electron chi connectivity index (χ3n) is 3.68. The summed E-state index contributed by atoms with van der Waals surface area (Å²) in [5, 5.41) is 10.4. The SMILES string of the molecule is CC1CCCC1(O)Cc1ccc(Br)cc1F. The molecule has 0 amide bonds. The predicted molar refractivity (Wildman–Crippen MR) is 65.8 cm³/mol.